The van der Waals surface area contributed by atoms with Crippen molar-refractivity contribution in [3.63, 3.8) is 0 Å². The molecule has 1 aromatic carbocycles. The van der Waals surface area contributed by atoms with Crippen molar-refractivity contribution >= 4 is 5.91 Å². The topological polar surface area (TPSA) is 29.5 Å². The van der Waals surface area contributed by atoms with E-state index >= 15 is 0 Å². The van der Waals surface area contributed by atoms with E-state index in [1.54, 1.807) is 36.3 Å². The number of nitrogens with zero attached hydrogens (tertiary/aromatic N) is 1. The van der Waals surface area contributed by atoms with Crippen LogP contribution in [-0.4, -0.2) is 37.2 Å². The van der Waals surface area contributed by atoms with Gasteiger partial charge in [0.1, 0.15) is 11.9 Å². The third-order valence-electron chi connectivity index (χ3n) is 3.03. The fraction of sp³-hybridized carbons (Fsp3) is 0.462. The number of methoxy groups -OCH3 is 1. The molecule has 4 heteroatoms. The summed E-state index contributed by atoms with van der Waals surface area (Å²) in [5.74, 6) is 0.618. The van der Waals surface area contributed by atoms with Crippen LogP contribution in [0.2, 0.25) is 0 Å². The molecular formula is C13H16FNO2. The first kappa shape index (κ1) is 11.9. The third kappa shape index (κ3) is 2.75. The van der Waals surface area contributed by atoms with Crippen LogP contribution in [0.15, 0.2) is 24.3 Å². The van der Waals surface area contributed by atoms with E-state index in [0.29, 0.717) is 37.2 Å². The minimum atomic E-state index is -0.760. The molecule has 0 spiro atoms. The molecule has 0 aliphatic carbocycles. The third-order valence-corrected chi connectivity index (χ3v) is 3.03. The van der Waals surface area contributed by atoms with Gasteiger partial charge in [-0.2, -0.15) is 0 Å². The van der Waals surface area contributed by atoms with E-state index in [1.807, 2.05) is 0 Å². The van der Waals surface area contributed by atoms with Crippen LogP contribution in [0.1, 0.15) is 23.2 Å². The zero-order valence-corrected chi connectivity index (χ0v) is 9.86. The maximum absolute atomic E-state index is 13.0. The van der Waals surface area contributed by atoms with E-state index in [4.69, 9.17) is 4.74 Å². The summed E-state index contributed by atoms with van der Waals surface area (Å²) in [6.07, 6.45) is 0.121. The molecule has 17 heavy (non-hydrogen) atoms. The van der Waals surface area contributed by atoms with E-state index in [1.165, 1.54) is 0 Å². The number of carbonyl (C=O) groups is 1. The molecular weight excluding hydrogens is 221 g/mol. The monoisotopic (exact) mass is 237 g/mol. The van der Waals surface area contributed by atoms with Crippen molar-refractivity contribution in [1.29, 1.82) is 0 Å². The quantitative estimate of drug-likeness (QED) is 0.789. The average molecular weight is 237 g/mol. The number of likely N-dealkylation sites (tertiary alicyclic amines) is 1. The molecule has 1 fully saturated rings. The Hall–Kier alpha value is -1.58. The zero-order valence-electron chi connectivity index (χ0n) is 9.86. The standard InChI is InChI=1S/C13H16FNO2/c1-17-12-4-2-3-10(9-12)13(16)15-7-5-11(14)6-8-15/h2-4,9,11H,5-8H2,1H3. The zero-order chi connectivity index (χ0) is 12.3. The van der Waals surface area contributed by atoms with Crippen LogP contribution < -0.4 is 4.74 Å². The Balaban J connectivity index is 2.08. The van der Waals surface area contributed by atoms with Crippen LogP contribution in [0.3, 0.4) is 0 Å². The van der Waals surface area contributed by atoms with Gasteiger partial charge in [-0.25, -0.2) is 4.39 Å². The minimum Gasteiger partial charge on any atom is -0.497 e. The van der Waals surface area contributed by atoms with Gasteiger partial charge in [0.15, 0.2) is 0 Å². The molecule has 0 radical (unpaired) electrons. The van der Waals surface area contributed by atoms with Gasteiger partial charge in [0, 0.05) is 18.7 Å². The Kier molecular flexibility index (Phi) is 3.61. The van der Waals surface area contributed by atoms with Crippen molar-refractivity contribution in [2.24, 2.45) is 0 Å². The van der Waals surface area contributed by atoms with Crippen molar-refractivity contribution in [3.05, 3.63) is 29.8 Å². The SMILES string of the molecule is COc1cccc(C(=O)N2CCC(F)CC2)c1. The van der Waals surface area contributed by atoms with E-state index in [-0.39, 0.29) is 5.91 Å². The van der Waals surface area contributed by atoms with Crippen LogP contribution in [0.5, 0.6) is 5.75 Å². The lowest BCUT2D eigenvalue weighted by molar-refractivity contribution is 0.0666. The molecule has 0 bridgehead atoms. The fourth-order valence-corrected chi connectivity index (χ4v) is 1.99. The number of alkyl halides is 1. The van der Waals surface area contributed by atoms with Crippen LogP contribution in [0.4, 0.5) is 4.39 Å². The smallest absolute Gasteiger partial charge is 0.253 e. The average Bonchev–Trinajstić information content (AvgIpc) is 2.39. The maximum atomic E-state index is 13.0. The molecule has 0 atom stereocenters. The summed E-state index contributed by atoms with van der Waals surface area (Å²) in [5, 5.41) is 0. The molecule has 1 heterocycles. The molecule has 0 saturated carbocycles. The number of halogens is 1. The van der Waals surface area contributed by atoms with E-state index in [0.717, 1.165) is 0 Å². The first-order valence-corrected chi connectivity index (χ1v) is 5.78. The van der Waals surface area contributed by atoms with Crippen LogP contribution in [-0.2, 0) is 0 Å². The summed E-state index contributed by atoms with van der Waals surface area (Å²) in [4.78, 5) is 13.8. The number of amides is 1. The Morgan fingerprint density at radius 2 is 2.12 bits per heavy atom. The second kappa shape index (κ2) is 5.17. The second-order valence-electron chi connectivity index (χ2n) is 4.20. The number of rotatable bonds is 2. The van der Waals surface area contributed by atoms with Crippen molar-refractivity contribution in [1.82, 2.24) is 4.90 Å². The first-order valence-electron chi connectivity index (χ1n) is 5.78. The lowest BCUT2D eigenvalue weighted by Crippen LogP contribution is -2.39. The maximum Gasteiger partial charge on any atom is 0.253 e. The van der Waals surface area contributed by atoms with E-state index < -0.39 is 6.17 Å². The van der Waals surface area contributed by atoms with E-state index in [9.17, 15) is 9.18 Å². The number of benzene rings is 1. The predicted molar refractivity (Wildman–Crippen MR) is 63.0 cm³/mol. The predicted octanol–water partition coefficient (Wildman–Crippen LogP) is 2.27. The van der Waals surface area contributed by atoms with Gasteiger partial charge in [-0.15, -0.1) is 0 Å². The summed E-state index contributed by atoms with van der Waals surface area (Å²) in [6, 6.07) is 7.05. The Morgan fingerprint density at radius 3 is 2.76 bits per heavy atom. The van der Waals surface area contributed by atoms with Gasteiger partial charge >= 0.3 is 0 Å². The van der Waals surface area contributed by atoms with Gasteiger partial charge in [-0.1, -0.05) is 6.07 Å². The number of carbonyl (C=O) groups excluding carboxylic acids is 1. The Labute approximate surface area is 100 Å². The lowest BCUT2D eigenvalue weighted by atomic mass is 10.1. The molecule has 1 amide bonds. The number of hydrogen-bond donors (Lipinski definition) is 0. The normalized spacial score (nSPS) is 16.9. The first-order chi connectivity index (χ1) is 8.20. The minimum absolute atomic E-state index is 0.0456. The number of hydrogen-bond acceptors (Lipinski definition) is 2. The highest BCUT2D eigenvalue weighted by atomic mass is 19.1. The van der Waals surface area contributed by atoms with Crippen LogP contribution in [0, 0.1) is 0 Å². The molecule has 3 nitrogen and oxygen atoms in total. The van der Waals surface area contributed by atoms with Gasteiger partial charge in [0.05, 0.1) is 7.11 Å². The molecule has 92 valence electrons. The Morgan fingerprint density at radius 1 is 1.41 bits per heavy atom. The molecule has 0 aromatic heterocycles. The molecule has 0 N–H and O–H groups in total. The van der Waals surface area contributed by atoms with Gasteiger partial charge < -0.3 is 9.64 Å². The number of ether oxygens (including phenoxy) is 1. The number of piperidine rings is 1. The molecule has 0 unspecified atom stereocenters. The van der Waals surface area contributed by atoms with Gasteiger partial charge in [0.2, 0.25) is 0 Å². The van der Waals surface area contributed by atoms with Gasteiger partial charge in [-0.05, 0) is 31.0 Å². The summed E-state index contributed by atoms with van der Waals surface area (Å²) in [6.45, 7) is 0.994. The largest absolute Gasteiger partial charge is 0.497 e. The van der Waals surface area contributed by atoms with Crippen LogP contribution >= 0.6 is 0 Å². The Bertz CT molecular complexity index is 400. The van der Waals surface area contributed by atoms with Crippen molar-refractivity contribution in [2.45, 2.75) is 19.0 Å². The summed E-state index contributed by atoms with van der Waals surface area (Å²) in [5.41, 5.74) is 0.599. The van der Waals surface area contributed by atoms with Crippen LogP contribution in [0.25, 0.3) is 0 Å². The molecule has 2 rings (SSSR count). The van der Waals surface area contributed by atoms with Crippen molar-refractivity contribution in [2.75, 3.05) is 20.2 Å². The van der Waals surface area contributed by atoms with Crippen molar-refractivity contribution < 1.29 is 13.9 Å². The highest BCUT2D eigenvalue weighted by Crippen LogP contribution is 2.18. The molecule has 1 aliphatic rings. The van der Waals surface area contributed by atoms with E-state index in [2.05, 4.69) is 0 Å². The molecule has 1 aliphatic heterocycles. The molecule has 1 saturated heterocycles. The summed E-state index contributed by atoms with van der Waals surface area (Å²) in [7, 11) is 1.57. The van der Waals surface area contributed by atoms with Gasteiger partial charge in [-0.3, -0.25) is 4.79 Å². The molecule has 1 aromatic rings. The fourth-order valence-electron chi connectivity index (χ4n) is 1.99. The summed E-state index contributed by atoms with van der Waals surface area (Å²) < 4.78 is 18.1. The lowest BCUT2D eigenvalue weighted by Gasteiger charge is -2.28. The highest BCUT2D eigenvalue weighted by molar-refractivity contribution is 5.94. The van der Waals surface area contributed by atoms with Gasteiger partial charge in [0.25, 0.3) is 5.91 Å². The second-order valence-corrected chi connectivity index (χ2v) is 4.20. The summed E-state index contributed by atoms with van der Waals surface area (Å²) >= 11 is 0. The van der Waals surface area contributed by atoms with Crippen molar-refractivity contribution in [3.8, 4) is 5.75 Å². The highest BCUT2D eigenvalue weighted by Gasteiger charge is 2.23.